The Balaban J connectivity index is 1.91. The van der Waals surface area contributed by atoms with E-state index in [0.717, 1.165) is 30.4 Å². The van der Waals surface area contributed by atoms with Gasteiger partial charge in [0.1, 0.15) is 5.82 Å². The first-order valence-electron chi connectivity index (χ1n) is 9.92. The van der Waals surface area contributed by atoms with Crippen molar-refractivity contribution in [1.29, 1.82) is 5.26 Å². The first-order valence-corrected chi connectivity index (χ1v) is 11.1. The molecule has 2 aromatic rings. The summed E-state index contributed by atoms with van der Waals surface area (Å²) < 4.78 is 29.4. The van der Waals surface area contributed by atoms with Gasteiger partial charge in [-0.1, -0.05) is 18.2 Å². The molecule has 0 spiro atoms. The molecule has 1 fully saturated rings. The number of benzene rings is 2. The fourth-order valence-corrected chi connectivity index (χ4v) is 4.34. The average Bonchev–Trinajstić information content (AvgIpc) is 3.51. The summed E-state index contributed by atoms with van der Waals surface area (Å²) in [5.74, 6) is 0.313. The predicted octanol–water partition coefficient (Wildman–Crippen LogP) is 4.96. The molecule has 3 rings (SSSR count). The zero-order chi connectivity index (χ0) is 21.2. The minimum absolute atomic E-state index is 0.153. The first kappa shape index (κ1) is 21.5. The minimum atomic E-state index is -1.25. The Bertz CT molecular complexity index is 927. The molecule has 1 saturated carbocycles. The number of hydrogen-bond donors (Lipinski definition) is 2. The van der Waals surface area contributed by atoms with E-state index in [0.29, 0.717) is 11.5 Å². The number of nitrogens with two attached hydrogens (primary N) is 1. The number of nitriles is 1. The lowest BCUT2D eigenvalue weighted by Gasteiger charge is -2.28. The van der Waals surface area contributed by atoms with Gasteiger partial charge in [-0.25, -0.2) is 13.3 Å². The van der Waals surface area contributed by atoms with Crippen LogP contribution in [0.4, 0.5) is 10.1 Å². The number of nitrogens with one attached hydrogen (secondary N) is 1. The van der Waals surface area contributed by atoms with E-state index < -0.39 is 21.5 Å². The van der Waals surface area contributed by atoms with Gasteiger partial charge in [0, 0.05) is 6.04 Å². The Morgan fingerprint density at radius 1 is 1.21 bits per heavy atom. The molecule has 1 aliphatic carbocycles. The fourth-order valence-electron chi connectivity index (χ4n) is 3.49. The van der Waals surface area contributed by atoms with Crippen LogP contribution in [0, 0.1) is 23.1 Å². The molecule has 0 amide bonds. The van der Waals surface area contributed by atoms with Crippen LogP contribution in [0.25, 0.3) is 0 Å². The van der Waals surface area contributed by atoms with Crippen molar-refractivity contribution in [3.63, 3.8) is 0 Å². The minimum Gasteiger partial charge on any atom is -0.396 e. The van der Waals surface area contributed by atoms with Crippen molar-refractivity contribution in [1.82, 2.24) is 4.72 Å². The van der Waals surface area contributed by atoms with E-state index in [1.54, 1.807) is 18.2 Å². The van der Waals surface area contributed by atoms with E-state index in [4.69, 9.17) is 11.0 Å². The standard InChI is InChI=1S/C23H28FN3OS/c1-23(2,3)29(28)27-22(17-6-4-15(14-25)5-7-17)13-19(16-8-9-16)18-10-11-20(24)21(26)12-18/h4-7,10-12,16,19,22,27H,8-9,13,26H2,1-3H3/t19?,22?,29-/m1/s1. The van der Waals surface area contributed by atoms with Gasteiger partial charge in [-0.15, -0.1) is 0 Å². The molecule has 2 unspecified atom stereocenters. The first-order chi connectivity index (χ1) is 13.7. The topological polar surface area (TPSA) is 78.9 Å². The lowest BCUT2D eigenvalue weighted by molar-refractivity contribution is 0.472. The van der Waals surface area contributed by atoms with Crippen molar-refractivity contribution in [3.05, 3.63) is 65.0 Å². The van der Waals surface area contributed by atoms with Crippen molar-refractivity contribution >= 4 is 16.7 Å². The van der Waals surface area contributed by atoms with Crippen LogP contribution < -0.4 is 10.5 Å². The zero-order valence-corrected chi connectivity index (χ0v) is 17.9. The summed E-state index contributed by atoms with van der Waals surface area (Å²) in [6.45, 7) is 5.81. The van der Waals surface area contributed by atoms with E-state index in [1.165, 1.54) is 6.07 Å². The second kappa shape index (κ2) is 8.64. The maximum Gasteiger partial charge on any atom is 0.146 e. The molecule has 2 aromatic carbocycles. The molecular formula is C23H28FN3OS. The molecule has 1 aliphatic rings. The Hall–Kier alpha value is -2.23. The Kier molecular flexibility index (Phi) is 6.40. The van der Waals surface area contributed by atoms with E-state index in [9.17, 15) is 8.60 Å². The highest BCUT2D eigenvalue weighted by Crippen LogP contribution is 2.47. The molecule has 0 aromatic heterocycles. The van der Waals surface area contributed by atoms with Crippen molar-refractivity contribution < 1.29 is 8.60 Å². The number of halogens is 1. The molecule has 4 nitrogen and oxygen atoms in total. The van der Waals surface area contributed by atoms with Crippen LogP contribution in [0.3, 0.4) is 0 Å². The quantitative estimate of drug-likeness (QED) is 0.630. The van der Waals surface area contributed by atoms with Gasteiger partial charge in [-0.2, -0.15) is 5.26 Å². The molecule has 6 heteroatoms. The predicted molar refractivity (Wildman–Crippen MR) is 116 cm³/mol. The second-order valence-electron chi connectivity index (χ2n) is 8.75. The Labute approximate surface area is 174 Å². The normalized spacial score (nSPS) is 17.3. The molecule has 0 radical (unpaired) electrons. The summed E-state index contributed by atoms with van der Waals surface area (Å²) in [6, 6.07) is 14.4. The van der Waals surface area contributed by atoms with Crippen molar-refractivity contribution in [2.24, 2.45) is 5.92 Å². The SMILES string of the molecule is CC(C)(C)[S@@](=O)NC(CC(c1ccc(F)c(N)c1)C1CC1)c1ccc(C#N)cc1. The number of nitrogen functional groups attached to an aromatic ring is 1. The van der Waals surface area contributed by atoms with Gasteiger partial charge in [-0.3, -0.25) is 0 Å². The maximum absolute atomic E-state index is 13.7. The number of rotatable bonds is 7. The van der Waals surface area contributed by atoms with Gasteiger partial charge >= 0.3 is 0 Å². The third-order valence-corrected chi connectivity index (χ3v) is 6.99. The molecule has 0 heterocycles. The van der Waals surface area contributed by atoms with Crippen LogP contribution >= 0.6 is 0 Å². The summed E-state index contributed by atoms with van der Waals surface area (Å²) in [5.41, 5.74) is 8.58. The zero-order valence-electron chi connectivity index (χ0n) is 17.1. The highest BCUT2D eigenvalue weighted by molar-refractivity contribution is 7.84. The third-order valence-electron chi connectivity index (χ3n) is 5.38. The van der Waals surface area contributed by atoms with E-state index in [2.05, 4.69) is 10.8 Å². The molecule has 0 bridgehead atoms. The Morgan fingerprint density at radius 2 is 1.83 bits per heavy atom. The summed E-state index contributed by atoms with van der Waals surface area (Å²) >= 11 is 0. The number of nitrogens with zero attached hydrogens (tertiary/aromatic N) is 1. The summed E-state index contributed by atoms with van der Waals surface area (Å²) in [5, 5.41) is 9.09. The van der Waals surface area contributed by atoms with Crippen LogP contribution in [0.5, 0.6) is 0 Å². The molecule has 3 N–H and O–H groups in total. The lowest BCUT2D eigenvalue weighted by atomic mass is 9.86. The lowest BCUT2D eigenvalue weighted by Crippen LogP contribution is -2.36. The van der Waals surface area contributed by atoms with Gasteiger partial charge < -0.3 is 5.73 Å². The van der Waals surface area contributed by atoms with Crippen LogP contribution in [0.2, 0.25) is 0 Å². The van der Waals surface area contributed by atoms with Gasteiger partial charge in [0.05, 0.1) is 33.1 Å². The van der Waals surface area contributed by atoms with Crippen molar-refractivity contribution in [2.45, 2.75) is 56.7 Å². The molecule has 154 valence electrons. The van der Waals surface area contributed by atoms with Crippen LogP contribution in [0.15, 0.2) is 42.5 Å². The van der Waals surface area contributed by atoms with E-state index in [-0.39, 0.29) is 17.6 Å². The number of hydrogen-bond acceptors (Lipinski definition) is 3. The maximum atomic E-state index is 13.7. The van der Waals surface area contributed by atoms with Crippen LogP contribution in [-0.4, -0.2) is 8.96 Å². The van der Waals surface area contributed by atoms with Crippen LogP contribution in [-0.2, 0) is 11.0 Å². The molecular weight excluding hydrogens is 385 g/mol. The highest BCUT2D eigenvalue weighted by Gasteiger charge is 2.35. The molecule has 3 atom stereocenters. The molecule has 0 aliphatic heterocycles. The van der Waals surface area contributed by atoms with E-state index >= 15 is 0 Å². The summed E-state index contributed by atoms with van der Waals surface area (Å²) in [6.07, 6.45) is 2.98. The largest absolute Gasteiger partial charge is 0.396 e. The number of anilines is 1. The molecule has 0 saturated heterocycles. The Morgan fingerprint density at radius 3 is 2.34 bits per heavy atom. The van der Waals surface area contributed by atoms with Gasteiger partial charge in [-0.05, 0) is 87.3 Å². The highest BCUT2D eigenvalue weighted by atomic mass is 32.2. The summed E-state index contributed by atoms with van der Waals surface area (Å²) in [4.78, 5) is 0. The van der Waals surface area contributed by atoms with Gasteiger partial charge in [0.25, 0.3) is 0 Å². The summed E-state index contributed by atoms with van der Waals surface area (Å²) in [7, 11) is -1.25. The third kappa shape index (κ3) is 5.43. The van der Waals surface area contributed by atoms with Gasteiger partial charge in [0.2, 0.25) is 0 Å². The van der Waals surface area contributed by atoms with Crippen molar-refractivity contribution in [3.8, 4) is 6.07 Å². The smallest absolute Gasteiger partial charge is 0.146 e. The van der Waals surface area contributed by atoms with Crippen molar-refractivity contribution in [2.75, 3.05) is 5.73 Å². The monoisotopic (exact) mass is 413 g/mol. The second-order valence-corrected chi connectivity index (χ2v) is 10.7. The average molecular weight is 414 g/mol. The van der Waals surface area contributed by atoms with E-state index in [1.807, 2.05) is 39.0 Å². The van der Waals surface area contributed by atoms with Crippen LogP contribution in [0.1, 0.15) is 68.7 Å². The fraction of sp³-hybridized carbons (Fsp3) is 0.435. The van der Waals surface area contributed by atoms with Gasteiger partial charge in [0.15, 0.2) is 0 Å². The molecule has 29 heavy (non-hydrogen) atoms.